The summed E-state index contributed by atoms with van der Waals surface area (Å²) in [5, 5.41) is 6.73. The van der Waals surface area contributed by atoms with E-state index in [2.05, 4.69) is 57.8 Å². The summed E-state index contributed by atoms with van der Waals surface area (Å²) < 4.78 is 11.2. The first-order valence-electron chi connectivity index (χ1n) is 10.3. The van der Waals surface area contributed by atoms with Crippen molar-refractivity contribution < 1.29 is 9.47 Å². The number of rotatable bonds is 12. The van der Waals surface area contributed by atoms with Crippen LogP contribution in [0, 0.1) is 0 Å². The molecule has 0 aliphatic carbocycles. The Kier molecular flexibility index (Phi) is 10.7. The standard InChI is InChI=1S/C21H36N4O2/c1-3-25(19-10-5-4-6-11-19)15-8-13-23-21(22-2)24-14-9-16-26-18-20-12-7-17-27-20/h4-6,10-11,20H,3,7-9,12-18H2,1-2H3,(H2,22,23,24). The average molecular weight is 377 g/mol. The minimum atomic E-state index is 0.311. The zero-order valence-corrected chi connectivity index (χ0v) is 17.0. The Hall–Kier alpha value is -1.79. The first-order valence-corrected chi connectivity index (χ1v) is 10.3. The van der Waals surface area contributed by atoms with Gasteiger partial charge in [0.15, 0.2) is 5.96 Å². The summed E-state index contributed by atoms with van der Waals surface area (Å²) in [5.41, 5.74) is 1.28. The Morgan fingerprint density at radius 2 is 2.00 bits per heavy atom. The molecule has 1 unspecified atom stereocenters. The van der Waals surface area contributed by atoms with Crippen molar-refractivity contribution in [2.45, 2.75) is 38.7 Å². The fraction of sp³-hybridized carbons (Fsp3) is 0.667. The SMILES string of the molecule is CCN(CCCNC(=NC)NCCCOCC1CCCO1)c1ccccc1. The number of guanidine groups is 1. The van der Waals surface area contributed by atoms with Crippen molar-refractivity contribution in [1.29, 1.82) is 0 Å². The average Bonchev–Trinajstić information content (AvgIpc) is 3.23. The van der Waals surface area contributed by atoms with Gasteiger partial charge in [0.2, 0.25) is 0 Å². The molecule has 1 aromatic carbocycles. The second-order valence-corrected chi connectivity index (χ2v) is 6.76. The van der Waals surface area contributed by atoms with E-state index in [4.69, 9.17) is 9.47 Å². The number of nitrogens with zero attached hydrogens (tertiary/aromatic N) is 2. The van der Waals surface area contributed by atoms with E-state index >= 15 is 0 Å². The van der Waals surface area contributed by atoms with E-state index in [0.29, 0.717) is 6.10 Å². The van der Waals surface area contributed by atoms with Crippen molar-refractivity contribution >= 4 is 11.6 Å². The highest BCUT2D eigenvalue weighted by Crippen LogP contribution is 2.13. The Morgan fingerprint density at radius 3 is 2.67 bits per heavy atom. The fourth-order valence-corrected chi connectivity index (χ4v) is 3.18. The molecule has 1 aliphatic heterocycles. The molecule has 1 heterocycles. The fourth-order valence-electron chi connectivity index (χ4n) is 3.18. The molecule has 0 spiro atoms. The summed E-state index contributed by atoms with van der Waals surface area (Å²) in [4.78, 5) is 6.68. The normalized spacial score (nSPS) is 17.1. The van der Waals surface area contributed by atoms with E-state index in [9.17, 15) is 0 Å². The maximum atomic E-state index is 5.68. The molecule has 0 radical (unpaired) electrons. The van der Waals surface area contributed by atoms with Crippen LogP contribution in [0.3, 0.4) is 0 Å². The number of para-hydroxylation sites is 1. The monoisotopic (exact) mass is 376 g/mol. The molecule has 0 bridgehead atoms. The van der Waals surface area contributed by atoms with Gasteiger partial charge in [-0.3, -0.25) is 4.99 Å². The predicted octanol–water partition coefficient (Wildman–Crippen LogP) is 2.65. The molecule has 1 aromatic rings. The van der Waals surface area contributed by atoms with Gasteiger partial charge in [0, 0.05) is 52.1 Å². The Bertz CT molecular complexity index is 518. The molecule has 2 rings (SSSR count). The summed E-state index contributed by atoms with van der Waals surface area (Å²) in [6, 6.07) is 10.6. The van der Waals surface area contributed by atoms with Gasteiger partial charge in [-0.25, -0.2) is 0 Å². The number of hydrogen-bond donors (Lipinski definition) is 2. The van der Waals surface area contributed by atoms with Crippen LogP contribution in [-0.2, 0) is 9.47 Å². The summed E-state index contributed by atoms with van der Waals surface area (Å²) >= 11 is 0. The third-order valence-corrected chi connectivity index (χ3v) is 4.71. The zero-order chi connectivity index (χ0) is 19.2. The third-order valence-electron chi connectivity index (χ3n) is 4.71. The molecule has 2 N–H and O–H groups in total. The Morgan fingerprint density at radius 1 is 1.22 bits per heavy atom. The summed E-state index contributed by atoms with van der Waals surface area (Å²) in [6.45, 7) is 8.37. The quantitative estimate of drug-likeness (QED) is 0.334. The largest absolute Gasteiger partial charge is 0.379 e. The number of anilines is 1. The highest BCUT2D eigenvalue weighted by Gasteiger charge is 2.14. The molecule has 6 nitrogen and oxygen atoms in total. The summed E-state index contributed by atoms with van der Waals surface area (Å²) in [5.74, 6) is 0.858. The van der Waals surface area contributed by atoms with Crippen molar-refractivity contribution in [2.24, 2.45) is 4.99 Å². The molecule has 1 fully saturated rings. The molecular formula is C21H36N4O2. The molecule has 0 aromatic heterocycles. The second kappa shape index (κ2) is 13.4. The highest BCUT2D eigenvalue weighted by molar-refractivity contribution is 5.79. The lowest BCUT2D eigenvalue weighted by Gasteiger charge is -2.23. The van der Waals surface area contributed by atoms with Crippen LogP contribution in [0.5, 0.6) is 0 Å². The topological polar surface area (TPSA) is 58.1 Å². The van der Waals surface area contributed by atoms with Crippen LogP contribution < -0.4 is 15.5 Å². The minimum absolute atomic E-state index is 0.311. The lowest BCUT2D eigenvalue weighted by atomic mass is 10.2. The molecule has 27 heavy (non-hydrogen) atoms. The van der Waals surface area contributed by atoms with Crippen LogP contribution in [0.4, 0.5) is 5.69 Å². The minimum Gasteiger partial charge on any atom is -0.379 e. The van der Waals surface area contributed by atoms with Gasteiger partial charge < -0.3 is 25.0 Å². The molecular weight excluding hydrogens is 340 g/mol. The molecule has 0 amide bonds. The van der Waals surface area contributed by atoms with E-state index < -0.39 is 0 Å². The first kappa shape index (κ1) is 21.5. The van der Waals surface area contributed by atoms with E-state index in [0.717, 1.165) is 71.2 Å². The van der Waals surface area contributed by atoms with Gasteiger partial charge in [-0.05, 0) is 44.7 Å². The third kappa shape index (κ3) is 8.63. The molecule has 1 saturated heterocycles. The van der Waals surface area contributed by atoms with Gasteiger partial charge in [-0.2, -0.15) is 0 Å². The van der Waals surface area contributed by atoms with Gasteiger partial charge in [-0.15, -0.1) is 0 Å². The van der Waals surface area contributed by atoms with E-state index in [1.807, 2.05) is 7.05 Å². The number of hydrogen-bond acceptors (Lipinski definition) is 4. The van der Waals surface area contributed by atoms with Gasteiger partial charge in [-0.1, -0.05) is 18.2 Å². The highest BCUT2D eigenvalue weighted by atomic mass is 16.5. The predicted molar refractivity (Wildman–Crippen MR) is 113 cm³/mol. The lowest BCUT2D eigenvalue weighted by molar-refractivity contribution is 0.0168. The van der Waals surface area contributed by atoms with E-state index in [1.54, 1.807) is 0 Å². The van der Waals surface area contributed by atoms with Crippen LogP contribution in [0.1, 0.15) is 32.6 Å². The summed E-state index contributed by atoms with van der Waals surface area (Å²) in [6.07, 6.45) is 4.64. The van der Waals surface area contributed by atoms with Crippen LogP contribution >= 0.6 is 0 Å². The molecule has 1 atom stereocenters. The lowest BCUT2D eigenvalue weighted by Crippen LogP contribution is -2.39. The van der Waals surface area contributed by atoms with Crippen molar-refractivity contribution in [3.63, 3.8) is 0 Å². The van der Waals surface area contributed by atoms with Crippen LogP contribution in [0.15, 0.2) is 35.3 Å². The Balaban J connectivity index is 1.50. The number of benzene rings is 1. The van der Waals surface area contributed by atoms with E-state index in [1.165, 1.54) is 12.1 Å². The molecule has 152 valence electrons. The molecule has 0 saturated carbocycles. The van der Waals surface area contributed by atoms with Gasteiger partial charge in [0.1, 0.15) is 0 Å². The van der Waals surface area contributed by atoms with Crippen molar-refractivity contribution in [3.05, 3.63) is 30.3 Å². The van der Waals surface area contributed by atoms with Crippen molar-refractivity contribution in [3.8, 4) is 0 Å². The maximum absolute atomic E-state index is 5.68. The number of ether oxygens (including phenoxy) is 2. The number of aliphatic imine (C=N–C) groups is 1. The second-order valence-electron chi connectivity index (χ2n) is 6.76. The molecule has 6 heteroatoms. The summed E-state index contributed by atoms with van der Waals surface area (Å²) in [7, 11) is 1.81. The zero-order valence-electron chi connectivity index (χ0n) is 17.0. The smallest absolute Gasteiger partial charge is 0.190 e. The first-order chi connectivity index (χ1) is 13.3. The van der Waals surface area contributed by atoms with Crippen LogP contribution in [0.25, 0.3) is 0 Å². The van der Waals surface area contributed by atoms with Crippen LogP contribution in [-0.4, -0.2) is 65.1 Å². The molecule has 1 aliphatic rings. The Labute approximate surface area is 164 Å². The van der Waals surface area contributed by atoms with Crippen LogP contribution in [0.2, 0.25) is 0 Å². The maximum Gasteiger partial charge on any atom is 0.190 e. The van der Waals surface area contributed by atoms with Gasteiger partial charge in [0.25, 0.3) is 0 Å². The van der Waals surface area contributed by atoms with Crippen molar-refractivity contribution in [2.75, 3.05) is 57.9 Å². The van der Waals surface area contributed by atoms with Crippen molar-refractivity contribution in [1.82, 2.24) is 10.6 Å². The van der Waals surface area contributed by atoms with Gasteiger partial charge in [0.05, 0.1) is 12.7 Å². The van der Waals surface area contributed by atoms with E-state index in [-0.39, 0.29) is 0 Å². The van der Waals surface area contributed by atoms with Gasteiger partial charge >= 0.3 is 0 Å². The number of nitrogens with one attached hydrogen (secondary N) is 2.